The minimum atomic E-state index is -2.76. The summed E-state index contributed by atoms with van der Waals surface area (Å²) in [5, 5.41) is 4.07. The summed E-state index contributed by atoms with van der Waals surface area (Å²) in [4.78, 5) is 21.8. The van der Waals surface area contributed by atoms with E-state index >= 15 is 0 Å². The van der Waals surface area contributed by atoms with Gasteiger partial charge in [-0.15, -0.1) is 0 Å². The number of nitrogens with zero attached hydrogens (tertiary/aromatic N) is 5. The number of halogens is 2. The van der Waals surface area contributed by atoms with Gasteiger partial charge in [-0.3, -0.25) is 4.79 Å². The van der Waals surface area contributed by atoms with Crippen molar-refractivity contribution in [2.75, 3.05) is 38.2 Å². The van der Waals surface area contributed by atoms with Crippen LogP contribution in [0.1, 0.15) is 22.5 Å². The van der Waals surface area contributed by atoms with E-state index in [1.165, 1.54) is 12.3 Å². The van der Waals surface area contributed by atoms with Crippen LogP contribution in [0.3, 0.4) is 0 Å². The van der Waals surface area contributed by atoms with Gasteiger partial charge in [-0.25, -0.2) is 18.3 Å². The van der Waals surface area contributed by atoms with Gasteiger partial charge in [-0.1, -0.05) is 30.3 Å². The first-order chi connectivity index (χ1) is 16.5. The van der Waals surface area contributed by atoms with Crippen LogP contribution < -0.4 is 9.64 Å². The van der Waals surface area contributed by atoms with Crippen molar-refractivity contribution in [3.63, 3.8) is 0 Å². The molecule has 0 bridgehead atoms. The topological polar surface area (TPSA) is 63.0 Å². The summed E-state index contributed by atoms with van der Waals surface area (Å²) in [7, 11) is 1.63. The predicted octanol–water partition coefficient (Wildman–Crippen LogP) is 4.30. The van der Waals surface area contributed by atoms with E-state index in [4.69, 9.17) is 4.74 Å². The number of carbonyl (C=O) groups is 1. The average Bonchev–Trinajstić information content (AvgIpc) is 3.32. The van der Waals surface area contributed by atoms with E-state index in [-0.39, 0.29) is 22.8 Å². The molecule has 1 aliphatic heterocycles. The van der Waals surface area contributed by atoms with Gasteiger partial charge in [0.05, 0.1) is 19.0 Å². The number of piperazine rings is 1. The zero-order valence-corrected chi connectivity index (χ0v) is 18.6. The van der Waals surface area contributed by atoms with E-state index in [0.29, 0.717) is 37.4 Å². The van der Waals surface area contributed by atoms with E-state index < -0.39 is 6.43 Å². The Bertz CT molecular complexity index is 1300. The number of anilines is 1. The molecular weight excluding hydrogens is 440 g/mol. The Labute approximate surface area is 195 Å². The summed E-state index contributed by atoms with van der Waals surface area (Å²) in [5.41, 5.74) is 2.19. The SMILES string of the molecule is COc1ccc(N2CCN(C(=O)c3cnn4c(C(F)F)cc(-c5ccccc5)nc34)CC2)cc1. The molecule has 2 aromatic heterocycles. The maximum absolute atomic E-state index is 13.8. The van der Waals surface area contributed by atoms with Crippen molar-refractivity contribution in [1.29, 1.82) is 0 Å². The Kier molecular flexibility index (Phi) is 5.83. The van der Waals surface area contributed by atoms with Crippen molar-refractivity contribution in [1.82, 2.24) is 19.5 Å². The van der Waals surface area contributed by atoms with Crippen LogP contribution in [0.25, 0.3) is 16.9 Å². The van der Waals surface area contributed by atoms with Crippen molar-refractivity contribution in [2.24, 2.45) is 0 Å². The van der Waals surface area contributed by atoms with Crippen LogP contribution in [0.15, 0.2) is 66.9 Å². The van der Waals surface area contributed by atoms with Crippen molar-refractivity contribution in [2.45, 2.75) is 6.43 Å². The van der Waals surface area contributed by atoms with Crippen molar-refractivity contribution in [3.8, 4) is 17.0 Å². The van der Waals surface area contributed by atoms with Gasteiger partial charge in [0, 0.05) is 37.4 Å². The number of methoxy groups -OCH3 is 1. The lowest BCUT2D eigenvalue weighted by atomic mass is 10.1. The first kappa shape index (κ1) is 21.8. The number of carbonyl (C=O) groups excluding carboxylic acids is 1. The summed E-state index contributed by atoms with van der Waals surface area (Å²) in [6.45, 7) is 2.31. The molecule has 0 saturated carbocycles. The van der Waals surface area contributed by atoms with Crippen LogP contribution in [-0.2, 0) is 0 Å². The molecule has 0 atom stereocenters. The minimum Gasteiger partial charge on any atom is -0.497 e. The second-order valence-electron chi connectivity index (χ2n) is 8.00. The lowest BCUT2D eigenvalue weighted by Gasteiger charge is -2.36. The molecule has 9 heteroatoms. The summed E-state index contributed by atoms with van der Waals surface area (Å²) >= 11 is 0. The monoisotopic (exact) mass is 463 g/mol. The molecule has 1 amide bonds. The molecule has 174 valence electrons. The molecule has 0 N–H and O–H groups in total. The van der Waals surface area contributed by atoms with Crippen LogP contribution in [0.2, 0.25) is 0 Å². The highest BCUT2D eigenvalue weighted by molar-refractivity contribution is 6.00. The third-order valence-electron chi connectivity index (χ3n) is 6.03. The third kappa shape index (κ3) is 4.05. The molecular formula is C25H23F2N5O2. The lowest BCUT2D eigenvalue weighted by molar-refractivity contribution is 0.0748. The smallest absolute Gasteiger partial charge is 0.280 e. The Balaban J connectivity index is 1.40. The Hall–Kier alpha value is -4.01. The van der Waals surface area contributed by atoms with E-state index in [1.54, 1.807) is 24.1 Å². The highest BCUT2D eigenvalue weighted by atomic mass is 19.3. The second-order valence-corrected chi connectivity index (χ2v) is 8.00. The number of benzene rings is 2. The molecule has 5 rings (SSSR count). The van der Waals surface area contributed by atoms with E-state index in [0.717, 1.165) is 16.0 Å². The van der Waals surface area contributed by atoms with Gasteiger partial charge in [-0.05, 0) is 30.3 Å². The quantitative estimate of drug-likeness (QED) is 0.442. The molecule has 2 aromatic carbocycles. The summed E-state index contributed by atoms with van der Waals surface area (Å²) in [5.74, 6) is 0.526. The number of hydrogen-bond donors (Lipinski definition) is 0. The first-order valence-corrected chi connectivity index (χ1v) is 11.0. The molecule has 4 aromatic rings. The van der Waals surface area contributed by atoms with Crippen molar-refractivity contribution >= 4 is 17.2 Å². The van der Waals surface area contributed by atoms with Gasteiger partial charge < -0.3 is 14.5 Å². The van der Waals surface area contributed by atoms with Gasteiger partial charge in [0.25, 0.3) is 12.3 Å². The Morgan fingerprint density at radius 2 is 1.71 bits per heavy atom. The van der Waals surface area contributed by atoms with Gasteiger partial charge in [0.2, 0.25) is 0 Å². The fourth-order valence-electron chi connectivity index (χ4n) is 4.18. The molecule has 0 aliphatic carbocycles. The average molecular weight is 463 g/mol. The van der Waals surface area contributed by atoms with Crippen LogP contribution in [0.4, 0.5) is 14.5 Å². The predicted molar refractivity (Wildman–Crippen MR) is 124 cm³/mol. The van der Waals surface area contributed by atoms with Crippen molar-refractivity contribution < 1.29 is 18.3 Å². The van der Waals surface area contributed by atoms with Crippen molar-refractivity contribution in [3.05, 3.63) is 78.1 Å². The zero-order valence-electron chi connectivity index (χ0n) is 18.6. The molecule has 0 spiro atoms. The first-order valence-electron chi connectivity index (χ1n) is 11.0. The number of aromatic nitrogens is 3. The highest BCUT2D eigenvalue weighted by Crippen LogP contribution is 2.27. The highest BCUT2D eigenvalue weighted by Gasteiger charge is 2.27. The van der Waals surface area contributed by atoms with E-state index in [9.17, 15) is 13.6 Å². The summed E-state index contributed by atoms with van der Waals surface area (Å²) in [6.07, 6.45) is -1.43. The van der Waals surface area contributed by atoms with Crippen LogP contribution >= 0.6 is 0 Å². The molecule has 7 nitrogen and oxygen atoms in total. The molecule has 34 heavy (non-hydrogen) atoms. The molecule has 1 fully saturated rings. The maximum Gasteiger partial charge on any atom is 0.280 e. The lowest BCUT2D eigenvalue weighted by Crippen LogP contribution is -2.48. The van der Waals surface area contributed by atoms with Crippen LogP contribution in [0.5, 0.6) is 5.75 Å². The number of rotatable bonds is 5. The van der Waals surface area contributed by atoms with Crippen LogP contribution in [-0.4, -0.2) is 58.7 Å². The second kappa shape index (κ2) is 9.09. The summed E-state index contributed by atoms with van der Waals surface area (Å²) in [6, 6.07) is 18.2. The summed E-state index contributed by atoms with van der Waals surface area (Å²) < 4.78 is 33.9. The molecule has 1 aliphatic rings. The van der Waals surface area contributed by atoms with Gasteiger partial charge >= 0.3 is 0 Å². The molecule has 3 heterocycles. The Morgan fingerprint density at radius 3 is 2.35 bits per heavy atom. The van der Waals surface area contributed by atoms with E-state index in [2.05, 4.69) is 15.0 Å². The van der Waals surface area contributed by atoms with Gasteiger partial charge in [0.15, 0.2) is 5.65 Å². The minimum absolute atomic E-state index is 0.138. The Morgan fingerprint density at radius 1 is 1.00 bits per heavy atom. The maximum atomic E-state index is 13.8. The number of amides is 1. The van der Waals surface area contributed by atoms with Crippen LogP contribution in [0, 0.1) is 0 Å². The number of hydrogen-bond acceptors (Lipinski definition) is 5. The van der Waals surface area contributed by atoms with E-state index in [1.807, 2.05) is 42.5 Å². The third-order valence-corrected chi connectivity index (χ3v) is 6.03. The molecule has 1 saturated heterocycles. The normalized spacial score (nSPS) is 14.1. The number of fused-ring (bicyclic) bond motifs is 1. The fourth-order valence-corrected chi connectivity index (χ4v) is 4.18. The zero-order chi connectivity index (χ0) is 23.7. The van der Waals surface area contributed by atoms with Gasteiger partial charge in [0.1, 0.15) is 17.0 Å². The molecule has 0 unspecified atom stereocenters. The standard InChI is InChI=1S/C25H23F2N5O2/c1-34-19-9-7-18(8-10-19)30-11-13-31(14-12-30)25(33)20-16-28-32-22(23(26)27)15-21(29-24(20)32)17-5-3-2-4-6-17/h2-10,15-16,23H,11-14H2,1H3. The number of ether oxygens (including phenoxy) is 1. The van der Waals surface area contributed by atoms with Gasteiger partial charge in [-0.2, -0.15) is 5.10 Å². The largest absolute Gasteiger partial charge is 0.497 e. The fraction of sp³-hybridized carbons (Fsp3) is 0.240. The number of alkyl halides is 2. The molecule has 0 radical (unpaired) electrons.